The number of methoxy groups -OCH3 is 1. The lowest BCUT2D eigenvalue weighted by molar-refractivity contribution is -0.103. The minimum atomic E-state index is -0.620. The van der Waals surface area contributed by atoms with Gasteiger partial charge in [-0.25, -0.2) is 4.79 Å². The van der Waals surface area contributed by atoms with Gasteiger partial charge in [0.25, 0.3) is 0 Å². The van der Waals surface area contributed by atoms with E-state index in [0.29, 0.717) is 5.56 Å². The first-order valence-corrected chi connectivity index (χ1v) is 8.26. The van der Waals surface area contributed by atoms with Crippen LogP contribution in [0, 0.1) is 0 Å². The standard InChI is InChI=1S/C22H18O3/c1-24-22-20(18-9-5-6-10-19(18)21(23)25-22)17-13-11-16(12-14-17)15-7-3-2-4-8-15/h2-14,20,22H,1H3. The Kier molecular flexibility index (Phi) is 4.08. The molecule has 0 spiro atoms. The van der Waals surface area contributed by atoms with E-state index in [9.17, 15) is 4.79 Å². The van der Waals surface area contributed by atoms with Crippen molar-refractivity contribution in [2.24, 2.45) is 0 Å². The molecule has 4 rings (SSSR count). The normalized spacial score (nSPS) is 19.2. The average molecular weight is 330 g/mol. The monoisotopic (exact) mass is 330 g/mol. The van der Waals surface area contributed by atoms with Crippen molar-refractivity contribution in [3.63, 3.8) is 0 Å². The van der Waals surface area contributed by atoms with Gasteiger partial charge in [0.2, 0.25) is 6.29 Å². The predicted molar refractivity (Wildman–Crippen MR) is 96.4 cm³/mol. The van der Waals surface area contributed by atoms with Crippen molar-refractivity contribution in [2.45, 2.75) is 12.2 Å². The summed E-state index contributed by atoms with van der Waals surface area (Å²) < 4.78 is 10.9. The van der Waals surface area contributed by atoms with Crippen molar-refractivity contribution >= 4 is 5.97 Å². The number of rotatable bonds is 3. The summed E-state index contributed by atoms with van der Waals surface area (Å²) in [5.74, 6) is -0.469. The highest BCUT2D eigenvalue weighted by molar-refractivity contribution is 5.92. The van der Waals surface area contributed by atoms with Gasteiger partial charge in [0.15, 0.2) is 0 Å². The number of benzene rings is 3. The number of hydrogen-bond donors (Lipinski definition) is 0. The van der Waals surface area contributed by atoms with E-state index in [4.69, 9.17) is 9.47 Å². The van der Waals surface area contributed by atoms with E-state index in [-0.39, 0.29) is 11.9 Å². The Hall–Kier alpha value is -2.91. The molecule has 0 fully saturated rings. The molecule has 1 aliphatic rings. The number of ether oxygens (including phenoxy) is 2. The molecule has 0 N–H and O–H groups in total. The third-order valence-corrected chi connectivity index (χ3v) is 4.62. The molecule has 0 saturated carbocycles. The molecule has 2 unspecified atom stereocenters. The molecule has 2 atom stereocenters. The van der Waals surface area contributed by atoms with Crippen molar-refractivity contribution in [2.75, 3.05) is 7.11 Å². The number of carbonyl (C=O) groups is 1. The molecule has 3 heteroatoms. The number of esters is 1. The van der Waals surface area contributed by atoms with E-state index in [0.717, 1.165) is 16.7 Å². The molecule has 25 heavy (non-hydrogen) atoms. The van der Waals surface area contributed by atoms with Crippen LogP contribution in [0.5, 0.6) is 0 Å². The highest BCUT2D eigenvalue weighted by Crippen LogP contribution is 2.37. The second-order valence-corrected chi connectivity index (χ2v) is 6.06. The smallest absolute Gasteiger partial charge is 0.340 e. The Bertz CT molecular complexity index is 885. The molecule has 1 aliphatic heterocycles. The van der Waals surface area contributed by atoms with Crippen molar-refractivity contribution in [1.82, 2.24) is 0 Å². The number of hydrogen-bond acceptors (Lipinski definition) is 3. The van der Waals surface area contributed by atoms with E-state index in [1.165, 1.54) is 5.56 Å². The van der Waals surface area contributed by atoms with Crippen LogP contribution in [0.4, 0.5) is 0 Å². The minimum absolute atomic E-state index is 0.135. The van der Waals surface area contributed by atoms with Gasteiger partial charge in [0.05, 0.1) is 11.5 Å². The van der Waals surface area contributed by atoms with Crippen molar-refractivity contribution < 1.29 is 14.3 Å². The van der Waals surface area contributed by atoms with Crippen LogP contribution in [0.25, 0.3) is 11.1 Å². The second-order valence-electron chi connectivity index (χ2n) is 6.06. The summed E-state index contributed by atoms with van der Waals surface area (Å²) in [5, 5.41) is 0. The zero-order chi connectivity index (χ0) is 17.2. The number of cyclic esters (lactones) is 1. The first kappa shape index (κ1) is 15.6. The van der Waals surface area contributed by atoms with E-state index in [1.54, 1.807) is 13.2 Å². The Morgan fingerprint density at radius 3 is 2.16 bits per heavy atom. The van der Waals surface area contributed by atoms with Crippen LogP contribution < -0.4 is 0 Å². The van der Waals surface area contributed by atoms with Crippen LogP contribution in [-0.2, 0) is 9.47 Å². The second kappa shape index (κ2) is 6.54. The molecule has 3 nitrogen and oxygen atoms in total. The molecular weight excluding hydrogens is 312 g/mol. The minimum Gasteiger partial charge on any atom is -0.431 e. The predicted octanol–water partition coefficient (Wildman–Crippen LogP) is 4.63. The molecular formula is C22H18O3. The quantitative estimate of drug-likeness (QED) is 0.657. The summed E-state index contributed by atoms with van der Waals surface area (Å²) in [6.07, 6.45) is -0.620. The molecule has 1 heterocycles. The van der Waals surface area contributed by atoms with Crippen LogP contribution in [0.2, 0.25) is 0 Å². The van der Waals surface area contributed by atoms with Crippen LogP contribution in [0.3, 0.4) is 0 Å². The number of fused-ring (bicyclic) bond motifs is 1. The van der Waals surface area contributed by atoms with Crippen molar-refractivity contribution in [3.8, 4) is 11.1 Å². The van der Waals surface area contributed by atoms with Gasteiger partial charge < -0.3 is 9.47 Å². The SMILES string of the molecule is COC1OC(=O)c2ccccc2C1c1ccc(-c2ccccc2)cc1. The first-order valence-electron chi connectivity index (χ1n) is 8.26. The molecule has 0 aromatic heterocycles. The van der Waals surface area contributed by atoms with Crippen LogP contribution in [0.1, 0.15) is 27.4 Å². The van der Waals surface area contributed by atoms with Gasteiger partial charge in [-0.2, -0.15) is 0 Å². The summed E-state index contributed by atoms with van der Waals surface area (Å²) >= 11 is 0. The van der Waals surface area contributed by atoms with Crippen molar-refractivity contribution in [3.05, 3.63) is 95.6 Å². The molecule has 0 aliphatic carbocycles. The van der Waals surface area contributed by atoms with Crippen LogP contribution in [0.15, 0.2) is 78.9 Å². The average Bonchev–Trinajstić information content (AvgIpc) is 2.69. The van der Waals surface area contributed by atoms with E-state index in [2.05, 4.69) is 36.4 Å². The Morgan fingerprint density at radius 2 is 1.44 bits per heavy atom. The lowest BCUT2D eigenvalue weighted by Gasteiger charge is -2.32. The third-order valence-electron chi connectivity index (χ3n) is 4.62. The van der Waals surface area contributed by atoms with Crippen LogP contribution >= 0.6 is 0 Å². The van der Waals surface area contributed by atoms with E-state index >= 15 is 0 Å². The number of carbonyl (C=O) groups excluding carboxylic acids is 1. The third kappa shape index (κ3) is 2.83. The summed E-state index contributed by atoms with van der Waals surface area (Å²) in [7, 11) is 1.57. The lowest BCUT2D eigenvalue weighted by Crippen LogP contribution is -2.34. The summed E-state index contributed by atoms with van der Waals surface area (Å²) in [6.45, 7) is 0. The molecule has 124 valence electrons. The maximum absolute atomic E-state index is 12.2. The summed E-state index contributed by atoms with van der Waals surface area (Å²) in [5.41, 5.74) is 4.93. The summed E-state index contributed by atoms with van der Waals surface area (Å²) in [4.78, 5) is 12.2. The lowest BCUT2D eigenvalue weighted by atomic mass is 9.85. The topological polar surface area (TPSA) is 35.5 Å². The van der Waals surface area contributed by atoms with Crippen molar-refractivity contribution in [1.29, 1.82) is 0 Å². The molecule has 3 aromatic carbocycles. The highest BCUT2D eigenvalue weighted by atomic mass is 16.7. The fourth-order valence-corrected chi connectivity index (χ4v) is 3.37. The van der Waals surface area contributed by atoms with Gasteiger partial charge in [-0.15, -0.1) is 0 Å². The van der Waals surface area contributed by atoms with Gasteiger partial charge in [-0.05, 0) is 28.3 Å². The van der Waals surface area contributed by atoms with Gasteiger partial charge in [0, 0.05) is 7.11 Å². The fourth-order valence-electron chi connectivity index (χ4n) is 3.37. The van der Waals surface area contributed by atoms with Gasteiger partial charge in [0.1, 0.15) is 0 Å². The highest BCUT2D eigenvalue weighted by Gasteiger charge is 2.36. The summed E-state index contributed by atoms with van der Waals surface area (Å²) in [6, 6.07) is 26.1. The zero-order valence-electron chi connectivity index (χ0n) is 13.9. The van der Waals surface area contributed by atoms with Crippen LogP contribution in [-0.4, -0.2) is 19.4 Å². The molecule has 0 saturated heterocycles. The molecule has 0 amide bonds. The maximum Gasteiger partial charge on any atom is 0.340 e. The van der Waals surface area contributed by atoms with Gasteiger partial charge >= 0.3 is 5.97 Å². The zero-order valence-corrected chi connectivity index (χ0v) is 13.9. The fraction of sp³-hybridized carbons (Fsp3) is 0.136. The van der Waals surface area contributed by atoms with Gasteiger partial charge in [-0.3, -0.25) is 0 Å². The van der Waals surface area contributed by atoms with E-state index < -0.39 is 6.29 Å². The Balaban J connectivity index is 1.75. The molecule has 3 aromatic rings. The Labute approximate surface area is 146 Å². The maximum atomic E-state index is 12.2. The van der Waals surface area contributed by atoms with Gasteiger partial charge in [-0.1, -0.05) is 72.8 Å². The van der Waals surface area contributed by atoms with E-state index in [1.807, 2.05) is 36.4 Å². The molecule has 0 radical (unpaired) electrons. The first-order chi connectivity index (χ1) is 12.3. The largest absolute Gasteiger partial charge is 0.431 e. The Morgan fingerprint density at radius 1 is 0.800 bits per heavy atom. The molecule has 0 bridgehead atoms.